The van der Waals surface area contributed by atoms with Crippen molar-refractivity contribution < 1.29 is 9.72 Å². The zero-order valence-electron chi connectivity index (χ0n) is 9.89. The number of hydrogen-bond donors (Lipinski definition) is 3. The molecular formula is C11H16N4O3. The first-order chi connectivity index (χ1) is 8.49. The maximum atomic E-state index is 10.6. The standard InChI is InChI=1S/C11H16N4O3/c12-8-5-9(7-10(6-8)15(17)18)14-4-2-1-3-11(13)16/h5-7,14H,1-4,12H2,(H2,13,16). The molecule has 0 atom stereocenters. The lowest BCUT2D eigenvalue weighted by Crippen LogP contribution is -2.11. The number of non-ortho nitro benzene ring substituents is 1. The number of primary amides is 1. The van der Waals surface area contributed by atoms with Crippen molar-refractivity contribution in [1.82, 2.24) is 0 Å². The Hall–Kier alpha value is -2.31. The molecule has 0 aromatic heterocycles. The zero-order chi connectivity index (χ0) is 13.5. The number of nitrogen functional groups attached to an aromatic ring is 1. The van der Waals surface area contributed by atoms with Crippen LogP contribution in [-0.4, -0.2) is 17.4 Å². The van der Waals surface area contributed by atoms with Crippen LogP contribution in [0.25, 0.3) is 0 Å². The first-order valence-electron chi connectivity index (χ1n) is 5.56. The molecule has 1 aromatic carbocycles. The van der Waals surface area contributed by atoms with E-state index in [2.05, 4.69) is 5.32 Å². The van der Waals surface area contributed by atoms with E-state index in [4.69, 9.17) is 11.5 Å². The molecular weight excluding hydrogens is 236 g/mol. The van der Waals surface area contributed by atoms with E-state index in [9.17, 15) is 14.9 Å². The number of nitrogens with one attached hydrogen (secondary N) is 1. The van der Waals surface area contributed by atoms with Gasteiger partial charge in [-0.1, -0.05) is 0 Å². The molecule has 0 spiro atoms. The van der Waals surface area contributed by atoms with E-state index in [-0.39, 0.29) is 11.6 Å². The van der Waals surface area contributed by atoms with Gasteiger partial charge < -0.3 is 16.8 Å². The van der Waals surface area contributed by atoms with Crippen molar-refractivity contribution in [2.24, 2.45) is 5.73 Å². The quantitative estimate of drug-likeness (QED) is 0.291. The summed E-state index contributed by atoms with van der Waals surface area (Å²) < 4.78 is 0. The maximum Gasteiger partial charge on any atom is 0.273 e. The van der Waals surface area contributed by atoms with E-state index in [0.29, 0.717) is 30.8 Å². The molecule has 0 unspecified atom stereocenters. The van der Waals surface area contributed by atoms with Gasteiger partial charge in [0.15, 0.2) is 0 Å². The molecule has 98 valence electrons. The SMILES string of the molecule is NC(=O)CCCCNc1cc(N)cc([N+](=O)[O-])c1. The number of carbonyl (C=O) groups is 1. The van der Waals surface area contributed by atoms with Gasteiger partial charge in [0.2, 0.25) is 5.91 Å². The minimum absolute atomic E-state index is 0.0466. The van der Waals surface area contributed by atoms with Crippen molar-refractivity contribution in [1.29, 1.82) is 0 Å². The third kappa shape index (κ3) is 4.69. The predicted molar refractivity (Wildman–Crippen MR) is 69.0 cm³/mol. The molecule has 1 aromatic rings. The summed E-state index contributed by atoms with van der Waals surface area (Å²) in [6.45, 7) is 0.605. The number of nitrogens with zero attached hydrogens (tertiary/aromatic N) is 1. The van der Waals surface area contributed by atoms with Gasteiger partial charge in [0, 0.05) is 36.5 Å². The van der Waals surface area contributed by atoms with E-state index in [1.165, 1.54) is 12.1 Å². The van der Waals surface area contributed by atoms with Gasteiger partial charge in [-0.05, 0) is 18.9 Å². The molecule has 1 amide bonds. The molecule has 0 aliphatic heterocycles. The number of anilines is 2. The Kier molecular flexibility index (Phi) is 4.91. The van der Waals surface area contributed by atoms with E-state index in [1.54, 1.807) is 6.07 Å². The van der Waals surface area contributed by atoms with E-state index >= 15 is 0 Å². The fourth-order valence-electron chi connectivity index (χ4n) is 1.50. The molecule has 7 nitrogen and oxygen atoms in total. The minimum atomic E-state index is -0.491. The highest BCUT2D eigenvalue weighted by Crippen LogP contribution is 2.22. The van der Waals surface area contributed by atoms with E-state index in [0.717, 1.165) is 6.42 Å². The molecule has 0 saturated carbocycles. The van der Waals surface area contributed by atoms with Gasteiger partial charge in [-0.2, -0.15) is 0 Å². The summed E-state index contributed by atoms with van der Waals surface area (Å²) in [6, 6.07) is 4.35. The lowest BCUT2D eigenvalue weighted by atomic mass is 10.2. The number of amides is 1. The van der Waals surface area contributed by atoms with Crippen LogP contribution in [0, 0.1) is 10.1 Å². The summed E-state index contributed by atoms with van der Waals surface area (Å²) in [5.41, 5.74) is 11.5. The van der Waals surface area contributed by atoms with Gasteiger partial charge in [-0.15, -0.1) is 0 Å². The minimum Gasteiger partial charge on any atom is -0.398 e. The first-order valence-corrected chi connectivity index (χ1v) is 5.56. The van der Waals surface area contributed by atoms with Crippen LogP contribution in [0.1, 0.15) is 19.3 Å². The van der Waals surface area contributed by atoms with Crippen molar-refractivity contribution in [2.45, 2.75) is 19.3 Å². The zero-order valence-corrected chi connectivity index (χ0v) is 9.89. The number of unbranched alkanes of at least 4 members (excludes halogenated alkanes) is 1. The largest absolute Gasteiger partial charge is 0.398 e. The molecule has 0 saturated heterocycles. The van der Waals surface area contributed by atoms with Gasteiger partial charge >= 0.3 is 0 Å². The van der Waals surface area contributed by atoms with Gasteiger partial charge in [-0.25, -0.2) is 0 Å². The van der Waals surface area contributed by atoms with Crippen molar-refractivity contribution in [2.75, 3.05) is 17.6 Å². The van der Waals surface area contributed by atoms with Gasteiger partial charge in [0.1, 0.15) is 0 Å². The van der Waals surface area contributed by atoms with Gasteiger partial charge in [0.25, 0.3) is 5.69 Å². The van der Waals surface area contributed by atoms with Crippen LogP contribution in [0.3, 0.4) is 0 Å². The highest BCUT2D eigenvalue weighted by Gasteiger charge is 2.07. The molecule has 1 rings (SSSR count). The summed E-state index contributed by atoms with van der Waals surface area (Å²) in [6.07, 6.45) is 1.79. The number of benzene rings is 1. The van der Waals surface area contributed by atoms with E-state index < -0.39 is 4.92 Å². The fraction of sp³-hybridized carbons (Fsp3) is 0.364. The molecule has 0 aliphatic carbocycles. The predicted octanol–water partition coefficient (Wildman–Crippen LogP) is 1.24. The Morgan fingerprint density at radius 2 is 2.06 bits per heavy atom. The van der Waals surface area contributed by atoms with E-state index in [1.807, 2.05) is 0 Å². The van der Waals surface area contributed by atoms with Crippen LogP contribution < -0.4 is 16.8 Å². The molecule has 18 heavy (non-hydrogen) atoms. The highest BCUT2D eigenvalue weighted by molar-refractivity contribution is 5.73. The van der Waals surface area contributed by atoms with Crippen LogP contribution in [0.2, 0.25) is 0 Å². The van der Waals surface area contributed by atoms with Crippen LogP contribution in [0.15, 0.2) is 18.2 Å². The molecule has 0 radical (unpaired) electrons. The van der Waals surface area contributed by atoms with Crippen molar-refractivity contribution in [3.63, 3.8) is 0 Å². The Morgan fingerprint density at radius 1 is 1.33 bits per heavy atom. The van der Waals surface area contributed by atoms with Gasteiger partial charge in [-0.3, -0.25) is 14.9 Å². The molecule has 7 heteroatoms. The molecule has 0 bridgehead atoms. The summed E-state index contributed by atoms with van der Waals surface area (Å²) >= 11 is 0. The fourth-order valence-corrected chi connectivity index (χ4v) is 1.50. The number of nitro benzene ring substituents is 1. The Labute approximate surface area is 104 Å². The highest BCUT2D eigenvalue weighted by atomic mass is 16.6. The first kappa shape index (κ1) is 13.8. The number of rotatable bonds is 7. The Bertz CT molecular complexity index is 448. The second-order valence-electron chi connectivity index (χ2n) is 3.92. The Morgan fingerprint density at radius 3 is 2.67 bits per heavy atom. The number of nitro groups is 1. The second kappa shape index (κ2) is 6.43. The van der Waals surface area contributed by atoms with Crippen LogP contribution in [0.4, 0.5) is 17.1 Å². The molecule has 5 N–H and O–H groups in total. The summed E-state index contributed by atoms with van der Waals surface area (Å²) in [7, 11) is 0. The van der Waals surface area contributed by atoms with Crippen LogP contribution in [-0.2, 0) is 4.79 Å². The lowest BCUT2D eigenvalue weighted by molar-refractivity contribution is -0.384. The van der Waals surface area contributed by atoms with Crippen LogP contribution in [0.5, 0.6) is 0 Å². The second-order valence-corrected chi connectivity index (χ2v) is 3.92. The summed E-state index contributed by atoms with van der Waals surface area (Å²) in [4.78, 5) is 20.6. The third-order valence-corrected chi connectivity index (χ3v) is 2.33. The number of hydrogen-bond acceptors (Lipinski definition) is 5. The third-order valence-electron chi connectivity index (χ3n) is 2.33. The molecule has 0 fully saturated rings. The molecule has 0 aliphatic rings. The van der Waals surface area contributed by atoms with Crippen molar-refractivity contribution in [3.8, 4) is 0 Å². The molecule has 0 heterocycles. The number of nitrogens with two attached hydrogens (primary N) is 2. The topological polar surface area (TPSA) is 124 Å². The normalized spacial score (nSPS) is 10.0. The smallest absolute Gasteiger partial charge is 0.273 e. The Balaban J connectivity index is 2.47. The maximum absolute atomic E-state index is 10.6. The summed E-state index contributed by atoms with van der Waals surface area (Å²) in [5.74, 6) is -0.324. The van der Waals surface area contributed by atoms with Crippen molar-refractivity contribution >= 4 is 23.0 Å². The number of carbonyl (C=O) groups excluding carboxylic acids is 1. The van der Waals surface area contributed by atoms with Gasteiger partial charge in [0.05, 0.1) is 4.92 Å². The van der Waals surface area contributed by atoms with Crippen molar-refractivity contribution in [3.05, 3.63) is 28.3 Å². The summed E-state index contributed by atoms with van der Waals surface area (Å²) in [5, 5.41) is 13.6. The van der Waals surface area contributed by atoms with Crippen LogP contribution >= 0.6 is 0 Å². The average molecular weight is 252 g/mol. The average Bonchev–Trinajstić information content (AvgIpc) is 2.27. The lowest BCUT2D eigenvalue weighted by Gasteiger charge is -2.06. The monoisotopic (exact) mass is 252 g/mol.